The fraction of sp³-hybridized carbons (Fsp3) is 0.917. The molecule has 1 heterocycles. The molecule has 0 spiro atoms. The maximum absolute atomic E-state index is 12.2. The van der Waals surface area contributed by atoms with Gasteiger partial charge in [0.05, 0.1) is 0 Å². The third-order valence-corrected chi connectivity index (χ3v) is 3.60. The molecule has 1 rings (SSSR count). The molecule has 1 atom stereocenters. The minimum atomic E-state index is -0.152. The van der Waals surface area contributed by atoms with Gasteiger partial charge >= 0.3 is 0 Å². The number of likely N-dealkylation sites (N-methyl/N-ethyl adjacent to an activating group) is 1. The summed E-state index contributed by atoms with van der Waals surface area (Å²) in [5.74, 6) is 0.192. The van der Waals surface area contributed by atoms with Crippen molar-refractivity contribution in [3.05, 3.63) is 0 Å². The van der Waals surface area contributed by atoms with Crippen LogP contribution in [0, 0.1) is 0 Å². The van der Waals surface area contributed by atoms with E-state index in [1.807, 2.05) is 11.9 Å². The molecule has 1 unspecified atom stereocenters. The molecule has 0 aliphatic carbocycles. The summed E-state index contributed by atoms with van der Waals surface area (Å²) < 4.78 is 0. The highest BCUT2D eigenvalue weighted by atomic mass is 16.2. The first-order valence-electron chi connectivity index (χ1n) is 6.16. The summed E-state index contributed by atoms with van der Waals surface area (Å²) in [5, 5.41) is 0. The van der Waals surface area contributed by atoms with Crippen molar-refractivity contribution in [3.63, 3.8) is 0 Å². The number of rotatable bonds is 4. The first-order chi connectivity index (χ1) is 7.44. The van der Waals surface area contributed by atoms with Crippen LogP contribution in [0.15, 0.2) is 0 Å². The van der Waals surface area contributed by atoms with E-state index in [1.54, 1.807) is 0 Å². The van der Waals surface area contributed by atoms with Crippen LogP contribution in [0.1, 0.15) is 33.6 Å². The summed E-state index contributed by atoms with van der Waals surface area (Å²) in [4.78, 5) is 16.2. The number of piperazine rings is 1. The SMILES string of the molecule is CCCCN1CC(C)(C)N(C)C(CN)C1=O. The molecule has 1 saturated heterocycles. The highest BCUT2D eigenvalue weighted by Crippen LogP contribution is 2.24. The van der Waals surface area contributed by atoms with E-state index in [-0.39, 0.29) is 17.5 Å². The van der Waals surface area contributed by atoms with Gasteiger partial charge in [0.1, 0.15) is 6.04 Å². The predicted molar refractivity (Wildman–Crippen MR) is 66.2 cm³/mol. The number of nitrogens with two attached hydrogens (primary N) is 1. The summed E-state index contributed by atoms with van der Waals surface area (Å²) in [6.07, 6.45) is 2.19. The van der Waals surface area contributed by atoms with Gasteiger partial charge in [-0.1, -0.05) is 13.3 Å². The number of carbonyl (C=O) groups is 1. The van der Waals surface area contributed by atoms with Gasteiger partial charge in [0.2, 0.25) is 5.91 Å². The third kappa shape index (κ3) is 2.55. The maximum Gasteiger partial charge on any atom is 0.241 e. The van der Waals surface area contributed by atoms with E-state index in [9.17, 15) is 4.79 Å². The lowest BCUT2D eigenvalue weighted by Crippen LogP contribution is -2.66. The molecular formula is C12H25N3O. The molecule has 1 aliphatic rings. The monoisotopic (exact) mass is 227 g/mol. The van der Waals surface area contributed by atoms with Crippen LogP contribution in [0.2, 0.25) is 0 Å². The summed E-state index contributed by atoms with van der Waals surface area (Å²) in [6.45, 7) is 8.55. The van der Waals surface area contributed by atoms with Gasteiger partial charge in [-0.05, 0) is 27.3 Å². The lowest BCUT2D eigenvalue weighted by Gasteiger charge is -2.49. The van der Waals surface area contributed by atoms with E-state index in [0.29, 0.717) is 6.54 Å². The molecule has 94 valence electrons. The number of hydrogen-bond donors (Lipinski definition) is 1. The van der Waals surface area contributed by atoms with Crippen LogP contribution in [-0.4, -0.2) is 54.0 Å². The van der Waals surface area contributed by atoms with Crippen molar-refractivity contribution in [3.8, 4) is 0 Å². The zero-order chi connectivity index (χ0) is 12.3. The Kier molecular flexibility index (Phi) is 4.33. The van der Waals surface area contributed by atoms with E-state index < -0.39 is 0 Å². The van der Waals surface area contributed by atoms with E-state index >= 15 is 0 Å². The molecule has 4 nitrogen and oxygen atoms in total. The second kappa shape index (κ2) is 5.15. The number of nitrogens with zero attached hydrogens (tertiary/aromatic N) is 2. The van der Waals surface area contributed by atoms with Crippen LogP contribution < -0.4 is 5.73 Å². The quantitative estimate of drug-likeness (QED) is 0.768. The van der Waals surface area contributed by atoms with Crippen LogP contribution in [0.25, 0.3) is 0 Å². The second-order valence-electron chi connectivity index (χ2n) is 5.29. The lowest BCUT2D eigenvalue weighted by atomic mass is 9.95. The molecule has 0 saturated carbocycles. The predicted octanol–water partition coefficient (Wildman–Crippen LogP) is 0.666. The van der Waals surface area contributed by atoms with Gasteiger partial charge in [0.15, 0.2) is 0 Å². The molecular weight excluding hydrogens is 202 g/mol. The molecule has 16 heavy (non-hydrogen) atoms. The molecule has 0 aromatic rings. The van der Waals surface area contributed by atoms with Crippen LogP contribution in [0.5, 0.6) is 0 Å². The minimum absolute atomic E-state index is 0.0195. The molecule has 0 aromatic heterocycles. The van der Waals surface area contributed by atoms with E-state index in [2.05, 4.69) is 25.7 Å². The van der Waals surface area contributed by atoms with Gasteiger partial charge in [-0.2, -0.15) is 0 Å². The first kappa shape index (κ1) is 13.5. The minimum Gasteiger partial charge on any atom is -0.339 e. The zero-order valence-electron chi connectivity index (χ0n) is 11.0. The van der Waals surface area contributed by atoms with Gasteiger partial charge in [-0.25, -0.2) is 0 Å². The number of amides is 1. The van der Waals surface area contributed by atoms with Crippen molar-refractivity contribution in [1.82, 2.24) is 9.80 Å². The zero-order valence-corrected chi connectivity index (χ0v) is 11.0. The molecule has 2 N–H and O–H groups in total. The summed E-state index contributed by atoms with van der Waals surface area (Å²) in [6, 6.07) is -0.152. The van der Waals surface area contributed by atoms with Crippen molar-refractivity contribution in [2.75, 3.05) is 26.7 Å². The van der Waals surface area contributed by atoms with Crippen LogP contribution >= 0.6 is 0 Å². The topological polar surface area (TPSA) is 49.6 Å². The third-order valence-electron chi connectivity index (χ3n) is 3.60. The van der Waals surface area contributed by atoms with Crippen LogP contribution in [0.3, 0.4) is 0 Å². The van der Waals surface area contributed by atoms with Crippen molar-refractivity contribution >= 4 is 5.91 Å². The second-order valence-corrected chi connectivity index (χ2v) is 5.29. The first-order valence-corrected chi connectivity index (χ1v) is 6.16. The normalized spacial score (nSPS) is 26.2. The standard InChI is InChI=1S/C12H25N3O/c1-5-6-7-15-9-12(2,3)14(4)10(8-13)11(15)16/h10H,5-9,13H2,1-4H3. The summed E-state index contributed by atoms with van der Waals surface area (Å²) in [5.41, 5.74) is 5.73. The van der Waals surface area contributed by atoms with E-state index in [1.165, 1.54) is 0 Å². The number of unbranched alkanes of at least 4 members (excludes halogenated alkanes) is 1. The molecule has 0 aromatic carbocycles. The average Bonchev–Trinajstić information content (AvgIpc) is 2.23. The molecule has 0 bridgehead atoms. The van der Waals surface area contributed by atoms with Crippen LogP contribution in [0.4, 0.5) is 0 Å². The molecule has 1 aliphatic heterocycles. The Balaban J connectivity index is 2.77. The van der Waals surface area contributed by atoms with Gasteiger partial charge < -0.3 is 10.6 Å². The van der Waals surface area contributed by atoms with Crippen molar-refractivity contribution in [1.29, 1.82) is 0 Å². The fourth-order valence-corrected chi connectivity index (χ4v) is 2.25. The van der Waals surface area contributed by atoms with Crippen LogP contribution in [-0.2, 0) is 4.79 Å². The van der Waals surface area contributed by atoms with Gasteiger partial charge in [0, 0.05) is 25.2 Å². The summed E-state index contributed by atoms with van der Waals surface area (Å²) in [7, 11) is 1.99. The molecule has 4 heteroatoms. The average molecular weight is 227 g/mol. The van der Waals surface area contributed by atoms with Crippen molar-refractivity contribution in [2.45, 2.75) is 45.2 Å². The Morgan fingerprint density at radius 1 is 1.50 bits per heavy atom. The lowest BCUT2D eigenvalue weighted by molar-refractivity contribution is -0.147. The van der Waals surface area contributed by atoms with E-state index in [0.717, 1.165) is 25.9 Å². The Morgan fingerprint density at radius 2 is 2.12 bits per heavy atom. The van der Waals surface area contributed by atoms with Crippen molar-refractivity contribution in [2.24, 2.45) is 5.73 Å². The smallest absolute Gasteiger partial charge is 0.241 e. The molecule has 0 radical (unpaired) electrons. The highest BCUT2D eigenvalue weighted by Gasteiger charge is 2.41. The molecule has 1 fully saturated rings. The Hall–Kier alpha value is -0.610. The summed E-state index contributed by atoms with van der Waals surface area (Å²) >= 11 is 0. The van der Waals surface area contributed by atoms with Crippen molar-refractivity contribution < 1.29 is 4.79 Å². The van der Waals surface area contributed by atoms with E-state index in [4.69, 9.17) is 5.73 Å². The maximum atomic E-state index is 12.2. The largest absolute Gasteiger partial charge is 0.339 e. The van der Waals surface area contributed by atoms with Gasteiger partial charge in [-0.3, -0.25) is 9.69 Å². The highest BCUT2D eigenvalue weighted by molar-refractivity contribution is 5.83. The van der Waals surface area contributed by atoms with Gasteiger partial charge in [0.25, 0.3) is 0 Å². The number of hydrogen-bond acceptors (Lipinski definition) is 3. The van der Waals surface area contributed by atoms with Gasteiger partial charge in [-0.15, -0.1) is 0 Å². The Bertz CT molecular complexity index is 253. The Morgan fingerprint density at radius 3 is 2.62 bits per heavy atom. The fourth-order valence-electron chi connectivity index (χ4n) is 2.25. The Labute approximate surface area is 98.8 Å². The molecule has 1 amide bonds. The number of carbonyl (C=O) groups excluding carboxylic acids is 1.